The summed E-state index contributed by atoms with van der Waals surface area (Å²) in [5, 5.41) is 90.8. The van der Waals surface area contributed by atoms with E-state index in [0.717, 1.165) is 45.8 Å². The number of rotatable bonds is 50. The number of nitrogens with one attached hydrogen (secondary N) is 11. The number of phenolic OH excluding ortho intramolecular Hbond substituents is 1. The van der Waals surface area contributed by atoms with E-state index in [0.29, 0.717) is 48.1 Å². The smallest absolute Gasteiger partial charge is 0.426 e. The zero-order chi connectivity index (χ0) is 90.4. The fraction of sp³-hybridized carbons (Fsp3) is 0.571. The molecule has 122 heavy (non-hydrogen) atoms. The van der Waals surface area contributed by atoms with Gasteiger partial charge in [0.15, 0.2) is 12.8 Å². The number of unbranched alkanes of at least 4 members (excludes halogenated alkanes) is 1. The van der Waals surface area contributed by atoms with Gasteiger partial charge in [-0.2, -0.15) is 0 Å². The van der Waals surface area contributed by atoms with Gasteiger partial charge in [0.1, 0.15) is 59.3 Å². The summed E-state index contributed by atoms with van der Waals surface area (Å²) >= 11 is 1.01. The number of piperidine rings is 1. The van der Waals surface area contributed by atoms with E-state index in [9.17, 15) is 112 Å². The van der Waals surface area contributed by atoms with Gasteiger partial charge in [0.2, 0.25) is 35.4 Å². The van der Waals surface area contributed by atoms with E-state index in [-0.39, 0.29) is 105 Å². The number of fused-ring (bicyclic) bond motifs is 1. The number of likely N-dealkylation sites (tertiary alicyclic amines) is 1. The molecule has 1 saturated heterocycles. The molecule has 1 fully saturated rings. The minimum atomic E-state index is -2.02. The summed E-state index contributed by atoms with van der Waals surface area (Å²) in [4.78, 5) is 239. The number of carbonyl (C=O) groups is 18. The van der Waals surface area contributed by atoms with Gasteiger partial charge >= 0.3 is 65.9 Å². The van der Waals surface area contributed by atoms with Gasteiger partial charge in [-0.05, 0) is 118 Å². The molecule has 2 aliphatic rings. The number of phenols is 1. The average molecular weight is 1770 g/mol. The number of amides is 12. The number of thiazole rings is 1. The summed E-state index contributed by atoms with van der Waals surface area (Å²) in [5.74, 6) is -18.6. The zero-order valence-electron chi connectivity index (χ0n) is 68.4. The molecule has 0 spiro atoms. The van der Waals surface area contributed by atoms with E-state index >= 15 is 4.79 Å². The second-order valence-corrected chi connectivity index (χ2v) is 32.9. The Hall–Kier alpha value is -11.6. The van der Waals surface area contributed by atoms with Crippen LogP contribution in [0.3, 0.4) is 0 Å². The largest absolute Gasteiger partial charge is 0.508 e. The normalized spacial score (nSPS) is 16.4. The zero-order valence-corrected chi connectivity index (χ0v) is 70.8. The van der Waals surface area contributed by atoms with E-state index < -0.39 is 212 Å². The number of carboxylic acids is 6. The highest BCUT2D eigenvalue weighted by atomic mass is 33.1. The summed E-state index contributed by atoms with van der Waals surface area (Å²) < 4.78 is 16.7. The molecule has 0 radical (unpaired) electrons. The molecule has 0 bridgehead atoms. The Morgan fingerprint density at radius 1 is 0.689 bits per heavy atom. The number of benzene rings is 2. The van der Waals surface area contributed by atoms with Crippen molar-refractivity contribution in [2.45, 2.75) is 224 Å². The van der Waals surface area contributed by atoms with Crippen LogP contribution in [0, 0.1) is 11.8 Å². The first kappa shape index (κ1) is 101. The highest BCUT2D eigenvalue weighted by Gasteiger charge is 2.41. The van der Waals surface area contributed by atoms with E-state index in [1.165, 1.54) is 47.5 Å². The lowest BCUT2D eigenvalue weighted by Gasteiger charge is -2.39. The van der Waals surface area contributed by atoms with Crippen molar-refractivity contribution in [2.24, 2.45) is 11.8 Å². The van der Waals surface area contributed by atoms with Crippen LogP contribution in [0.15, 0.2) is 47.8 Å². The molecule has 2 aromatic carbocycles. The Labute approximate surface area is 713 Å². The van der Waals surface area contributed by atoms with Crippen molar-refractivity contribution >= 4 is 140 Å². The summed E-state index contributed by atoms with van der Waals surface area (Å²) in [6.45, 7) is 10.2. The highest BCUT2D eigenvalue weighted by molar-refractivity contribution is 8.76. The first-order valence-electron chi connectivity index (χ1n) is 39.4. The number of urea groups is 2. The molecule has 42 nitrogen and oxygen atoms in total. The lowest BCUT2D eigenvalue weighted by atomic mass is 9.79. The van der Waals surface area contributed by atoms with Crippen LogP contribution in [-0.4, -0.2) is 257 Å². The molecular weight excluding hydrogens is 1670 g/mol. The van der Waals surface area contributed by atoms with Crippen molar-refractivity contribution in [3.8, 4) is 5.75 Å². The van der Waals surface area contributed by atoms with Crippen molar-refractivity contribution in [2.75, 3.05) is 45.0 Å². The van der Waals surface area contributed by atoms with E-state index in [4.69, 9.17) is 19.3 Å². The number of carboxylic acid groups (broad SMARTS) is 6. The van der Waals surface area contributed by atoms with Gasteiger partial charge in [-0.15, -0.1) is 11.3 Å². The van der Waals surface area contributed by atoms with Crippen molar-refractivity contribution in [3.05, 3.63) is 80.8 Å². The van der Waals surface area contributed by atoms with Crippen LogP contribution in [0.25, 0.3) is 0 Å². The van der Waals surface area contributed by atoms with Crippen LogP contribution >= 0.6 is 32.9 Å². The van der Waals surface area contributed by atoms with Gasteiger partial charge < -0.3 is 103 Å². The molecule has 5 rings (SSSR count). The second kappa shape index (κ2) is 51.2. The minimum absolute atomic E-state index is 0.0137. The quantitative estimate of drug-likeness (QED) is 0.00965. The number of hydrazine groups is 1. The summed E-state index contributed by atoms with van der Waals surface area (Å²) in [7, 11) is 3.68. The molecule has 1 aliphatic heterocycles. The van der Waals surface area contributed by atoms with Crippen LogP contribution in [-0.2, 0) is 101 Å². The molecule has 1 aromatic heterocycles. The Morgan fingerprint density at radius 3 is 1.97 bits per heavy atom. The predicted octanol–water partition coefficient (Wildman–Crippen LogP) is 2.75. The predicted molar refractivity (Wildman–Crippen MR) is 436 cm³/mol. The van der Waals surface area contributed by atoms with Crippen LogP contribution in [0.1, 0.15) is 188 Å². The monoisotopic (exact) mass is 1770 g/mol. The van der Waals surface area contributed by atoms with Crippen molar-refractivity contribution in [1.29, 1.82) is 0 Å². The Kier molecular flexibility index (Phi) is 42.4. The van der Waals surface area contributed by atoms with Crippen LogP contribution in [0.4, 0.5) is 14.4 Å². The lowest BCUT2D eigenvalue weighted by Crippen LogP contribution is -2.59. The third-order valence-electron chi connectivity index (χ3n) is 19.6. The standard InChI is InChI=1S/C77H108N14O28S3/c1-8-15-63(101)118-39-91(71(107)64(41(5)9-2)87-69(106)56-19-11-13-25-90(56)7)57(40(3)4)35-58(119-42(6)92)70-84-54(37-120-70)68(105)80-46-30-45-20-21-47(93)32-48(45)49(31-46)65(102)88-89-77(116)117-26-27-121-122-38-55(74(112)113)83-67(104)53(34-62(99)100)82-66(103)52(33-61(97)98)81-59(94)29-43-16-14-17-44(28-43)36-79-75(114)78-24-12-10-18-50(72(108)109)85-76(115)86-51(73(110)111)22-23-60(95)96/h14,16-17,20-21,28,32,37,40-41,46,49-53,55-58,64,93H,8-13,15,18-19,22-27,29-31,33-36,38-39H2,1-7H3,(H,80,105)(H,81,94)(H,82,103)(H,83,104)(H,87,106)(H,88,102)(H,89,116)(H,95,96)(H,97,98)(H,99,100)(H,108,109)(H,110,111)(H,112,113)(H2,78,79,114)(H2,85,86,115)/t41?,46-,49+,50+,51+,52-,53-,55-,56+,57+,58+,64-/m0/s1. The Morgan fingerprint density at radius 2 is 1.34 bits per heavy atom. The lowest BCUT2D eigenvalue weighted by molar-refractivity contribution is -0.161. The minimum Gasteiger partial charge on any atom is -0.508 e. The van der Waals surface area contributed by atoms with E-state index in [1.807, 2.05) is 45.0 Å². The SMILES string of the molecule is CCCC(=O)OCN(C(=O)[C@@H](NC(=O)[C@H]1CCCCN1C)C(C)CC)[C@H](C[C@@H](OC(C)=O)c1nc(C(=O)N[C@H]2Cc3ccc(O)cc3[C@H](C(=O)NNC(=O)OCCSSC[C@H](NC(=O)[C@H](CC(=O)O)NC(=O)[C@H](CC(=O)O)NC(=O)Cc3cccc(CNC(=O)NCCCC[C@@H](NC(=O)N[C@H](CCC(=O)O)C(=O)O)C(=O)O)c3)C(=O)O)C2)cs1)C(C)C. The topological polar surface area (TPSA) is 628 Å². The van der Waals surface area contributed by atoms with E-state index in [1.54, 1.807) is 19.1 Å². The van der Waals surface area contributed by atoms with Crippen molar-refractivity contribution < 1.29 is 136 Å². The molecule has 0 saturated carbocycles. The third-order valence-corrected chi connectivity index (χ3v) is 22.9. The molecule has 12 amide bonds. The molecule has 45 heteroatoms. The van der Waals surface area contributed by atoms with Crippen molar-refractivity contribution in [3.63, 3.8) is 0 Å². The Bertz CT molecular complexity index is 4190. The van der Waals surface area contributed by atoms with Gasteiger partial charge in [0, 0.05) is 68.2 Å². The molecule has 2 heterocycles. The number of ether oxygens (including phenoxy) is 3. The maximum absolute atomic E-state index is 15.0. The summed E-state index contributed by atoms with van der Waals surface area (Å²) in [6.07, 6.45) is -2.24. The first-order valence-corrected chi connectivity index (χ1v) is 42.7. The first-order chi connectivity index (χ1) is 57.8. The molecule has 1 aliphatic carbocycles. The van der Waals surface area contributed by atoms with Gasteiger partial charge in [-0.25, -0.2) is 39.2 Å². The number of carbonyl (C=O) groups excluding carboxylic acids is 12. The fourth-order valence-corrected chi connectivity index (χ4v) is 15.9. The summed E-state index contributed by atoms with van der Waals surface area (Å²) in [5.41, 5.74) is 6.05. The number of aromatic nitrogens is 1. The number of hydrogen-bond donors (Lipinski definition) is 18. The van der Waals surface area contributed by atoms with Gasteiger partial charge in [0.25, 0.3) is 5.91 Å². The van der Waals surface area contributed by atoms with Gasteiger partial charge in [0.05, 0.1) is 31.2 Å². The average Bonchev–Trinajstić information content (AvgIpc) is 1.05. The van der Waals surface area contributed by atoms with Crippen LogP contribution < -0.4 is 58.7 Å². The molecule has 12 atom stereocenters. The summed E-state index contributed by atoms with van der Waals surface area (Å²) in [6, 6.07) is -3.14. The fourth-order valence-electron chi connectivity index (χ4n) is 13.1. The molecule has 672 valence electrons. The highest BCUT2D eigenvalue weighted by Crippen LogP contribution is 2.36. The number of esters is 2. The van der Waals surface area contributed by atoms with Gasteiger partial charge in [-0.3, -0.25) is 67.9 Å². The number of nitrogens with zero attached hydrogens (tertiary/aromatic N) is 3. The van der Waals surface area contributed by atoms with E-state index in [2.05, 4.69) is 58.4 Å². The maximum Gasteiger partial charge on any atom is 0.426 e. The number of aromatic hydroxyl groups is 1. The second-order valence-electron chi connectivity index (χ2n) is 29.4. The van der Waals surface area contributed by atoms with Crippen LogP contribution in [0.2, 0.25) is 0 Å². The van der Waals surface area contributed by atoms with Gasteiger partial charge in [-0.1, -0.05) is 99.4 Å². The number of likely N-dealkylation sites (N-methyl/N-ethyl adjacent to an activating group) is 1. The number of hydrogen-bond acceptors (Lipinski definition) is 27. The molecular formula is C77H108N14O28S3. The molecule has 18 N–H and O–H groups in total. The Balaban J connectivity index is 1.10. The molecule has 3 aromatic rings. The van der Waals surface area contributed by atoms with Crippen molar-refractivity contribution in [1.82, 2.24) is 73.5 Å². The van der Waals surface area contributed by atoms with Crippen LogP contribution in [0.5, 0.6) is 5.75 Å². The maximum atomic E-state index is 15.0. The molecule has 1 unspecified atom stereocenters. The third kappa shape index (κ3) is 34.9. The number of aliphatic carboxylic acids is 6.